The molecule has 1 aromatic carbocycles. The van der Waals surface area contributed by atoms with Crippen molar-refractivity contribution in [2.45, 2.75) is 83.6 Å². The molecule has 25 heavy (non-hydrogen) atoms. The SMILES string of the molecule is CCCCCCCCCCN[C@@H]1CCc2cc(OC)c(OC)cc2C1. The highest BCUT2D eigenvalue weighted by molar-refractivity contribution is 5.48. The molecule has 3 nitrogen and oxygen atoms in total. The highest BCUT2D eigenvalue weighted by Gasteiger charge is 2.20. The first-order valence-electron chi connectivity index (χ1n) is 10.3. The molecule has 0 heterocycles. The molecule has 1 aromatic rings. The van der Waals surface area contributed by atoms with Gasteiger partial charge in [-0.05, 0) is 55.5 Å². The molecule has 0 unspecified atom stereocenters. The smallest absolute Gasteiger partial charge is 0.161 e. The maximum Gasteiger partial charge on any atom is 0.161 e. The summed E-state index contributed by atoms with van der Waals surface area (Å²) in [7, 11) is 3.42. The van der Waals surface area contributed by atoms with Crippen molar-refractivity contribution in [1.82, 2.24) is 5.32 Å². The first-order valence-corrected chi connectivity index (χ1v) is 10.3. The van der Waals surface area contributed by atoms with Crippen LogP contribution >= 0.6 is 0 Å². The minimum atomic E-state index is 0.607. The number of fused-ring (bicyclic) bond motifs is 1. The number of methoxy groups -OCH3 is 2. The molecule has 2 rings (SSSR count). The second kappa shape index (κ2) is 11.4. The Morgan fingerprint density at radius 1 is 0.880 bits per heavy atom. The molecule has 0 amide bonds. The van der Waals surface area contributed by atoms with Crippen molar-refractivity contribution < 1.29 is 9.47 Å². The van der Waals surface area contributed by atoms with Gasteiger partial charge in [0.15, 0.2) is 11.5 Å². The Morgan fingerprint density at radius 3 is 2.12 bits per heavy atom. The average molecular weight is 348 g/mol. The van der Waals surface area contributed by atoms with Gasteiger partial charge in [0.05, 0.1) is 14.2 Å². The molecule has 1 aliphatic carbocycles. The van der Waals surface area contributed by atoms with Crippen LogP contribution in [-0.2, 0) is 12.8 Å². The quantitative estimate of drug-likeness (QED) is 0.521. The predicted octanol–water partition coefficient (Wildman–Crippen LogP) is 5.29. The Bertz CT molecular complexity index is 501. The molecule has 1 aliphatic rings. The summed E-state index contributed by atoms with van der Waals surface area (Å²) >= 11 is 0. The van der Waals surface area contributed by atoms with Crippen LogP contribution in [0.1, 0.15) is 75.8 Å². The Morgan fingerprint density at radius 2 is 1.48 bits per heavy atom. The van der Waals surface area contributed by atoms with Crippen LogP contribution in [0.3, 0.4) is 0 Å². The van der Waals surface area contributed by atoms with E-state index in [4.69, 9.17) is 9.47 Å². The van der Waals surface area contributed by atoms with E-state index < -0.39 is 0 Å². The van der Waals surface area contributed by atoms with Gasteiger partial charge in [-0.2, -0.15) is 0 Å². The van der Waals surface area contributed by atoms with Crippen LogP contribution < -0.4 is 14.8 Å². The van der Waals surface area contributed by atoms with Gasteiger partial charge in [-0.15, -0.1) is 0 Å². The Hall–Kier alpha value is -1.22. The highest BCUT2D eigenvalue weighted by atomic mass is 16.5. The second-order valence-electron chi connectivity index (χ2n) is 7.34. The lowest BCUT2D eigenvalue weighted by atomic mass is 9.87. The first kappa shape index (κ1) is 20.1. The topological polar surface area (TPSA) is 30.5 Å². The average Bonchev–Trinajstić information content (AvgIpc) is 2.65. The van der Waals surface area contributed by atoms with Crippen LogP contribution in [0.5, 0.6) is 11.5 Å². The van der Waals surface area contributed by atoms with Crippen LogP contribution in [0.25, 0.3) is 0 Å². The van der Waals surface area contributed by atoms with E-state index >= 15 is 0 Å². The first-order chi connectivity index (χ1) is 12.3. The zero-order valence-corrected chi connectivity index (χ0v) is 16.5. The number of rotatable bonds is 12. The van der Waals surface area contributed by atoms with Crippen molar-refractivity contribution in [3.8, 4) is 11.5 Å². The fourth-order valence-corrected chi connectivity index (χ4v) is 3.82. The van der Waals surface area contributed by atoms with Crippen LogP contribution in [0.15, 0.2) is 12.1 Å². The third kappa shape index (κ3) is 6.54. The van der Waals surface area contributed by atoms with Crippen molar-refractivity contribution in [2.24, 2.45) is 0 Å². The van der Waals surface area contributed by atoms with E-state index in [1.54, 1.807) is 14.2 Å². The molecule has 0 fully saturated rings. The molecule has 0 bridgehead atoms. The molecular weight excluding hydrogens is 310 g/mol. The van der Waals surface area contributed by atoms with Crippen molar-refractivity contribution >= 4 is 0 Å². The molecule has 0 radical (unpaired) electrons. The number of nitrogens with one attached hydrogen (secondary N) is 1. The normalized spacial score (nSPS) is 16.5. The second-order valence-corrected chi connectivity index (χ2v) is 7.34. The van der Waals surface area contributed by atoms with Crippen molar-refractivity contribution in [1.29, 1.82) is 0 Å². The molecule has 0 aliphatic heterocycles. The Balaban J connectivity index is 1.65. The fourth-order valence-electron chi connectivity index (χ4n) is 3.82. The summed E-state index contributed by atoms with van der Waals surface area (Å²) in [5.41, 5.74) is 2.83. The van der Waals surface area contributed by atoms with Crippen molar-refractivity contribution in [2.75, 3.05) is 20.8 Å². The molecule has 0 aromatic heterocycles. The standard InChI is InChI=1S/C22H37NO2/c1-4-5-6-7-8-9-10-11-14-23-20-13-12-18-16-21(24-2)22(25-3)17-19(18)15-20/h16-17,20,23H,4-15H2,1-3H3/t20-/m1/s1. The van der Waals surface area contributed by atoms with E-state index in [2.05, 4.69) is 24.4 Å². The number of ether oxygens (including phenoxy) is 2. The molecule has 3 heteroatoms. The monoisotopic (exact) mass is 347 g/mol. The van der Waals surface area contributed by atoms with Crippen LogP contribution in [0.4, 0.5) is 0 Å². The molecule has 142 valence electrons. The highest BCUT2D eigenvalue weighted by Crippen LogP contribution is 2.34. The largest absolute Gasteiger partial charge is 0.493 e. The van der Waals surface area contributed by atoms with E-state index in [9.17, 15) is 0 Å². The summed E-state index contributed by atoms with van der Waals surface area (Å²) in [5.74, 6) is 1.71. The Kier molecular flexibility index (Phi) is 9.17. The third-order valence-corrected chi connectivity index (χ3v) is 5.40. The molecule has 1 atom stereocenters. The van der Waals surface area contributed by atoms with Crippen molar-refractivity contribution in [3.05, 3.63) is 23.3 Å². The maximum atomic E-state index is 5.45. The maximum absolute atomic E-state index is 5.45. The molecule has 0 saturated heterocycles. The third-order valence-electron chi connectivity index (χ3n) is 5.40. The lowest BCUT2D eigenvalue weighted by Gasteiger charge is -2.26. The van der Waals surface area contributed by atoms with Crippen LogP contribution in [0, 0.1) is 0 Å². The molecular formula is C22H37NO2. The van der Waals surface area contributed by atoms with E-state index in [0.717, 1.165) is 30.9 Å². The molecule has 1 N–H and O–H groups in total. The van der Waals surface area contributed by atoms with Gasteiger partial charge < -0.3 is 14.8 Å². The number of unbranched alkanes of at least 4 members (excludes halogenated alkanes) is 7. The zero-order chi connectivity index (χ0) is 17.9. The summed E-state index contributed by atoms with van der Waals surface area (Å²) < 4.78 is 10.9. The number of benzene rings is 1. The van der Waals surface area contributed by atoms with Gasteiger partial charge in [-0.1, -0.05) is 51.9 Å². The molecule has 0 saturated carbocycles. The van der Waals surface area contributed by atoms with Crippen LogP contribution in [0.2, 0.25) is 0 Å². The number of hydrogen-bond acceptors (Lipinski definition) is 3. The lowest BCUT2D eigenvalue weighted by molar-refractivity contribution is 0.352. The van der Waals surface area contributed by atoms with Gasteiger partial charge in [0.1, 0.15) is 0 Å². The van der Waals surface area contributed by atoms with E-state index in [0.29, 0.717) is 6.04 Å². The predicted molar refractivity (Wildman–Crippen MR) is 106 cm³/mol. The summed E-state index contributed by atoms with van der Waals surface area (Å²) in [6, 6.07) is 4.93. The van der Waals surface area contributed by atoms with Gasteiger partial charge in [-0.3, -0.25) is 0 Å². The zero-order valence-electron chi connectivity index (χ0n) is 16.5. The van der Waals surface area contributed by atoms with Crippen LogP contribution in [-0.4, -0.2) is 26.8 Å². The van der Waals surface area contributed by atoms with Gasteiger partial charge >= 0.3 is 0 Å². The summed E-state index contributed by atoms with van der Waals surface area (Å²) in [6.45, 7) is 3.43. The fraction of sp³-hybridized carbons (Fsp3) is 0.727. The van der Waals surface area contributed by atoms with E-state index in [1.165, 1.54) is 68.9 Å². The lowest BCUT2D eigenvalue weighted by Crippen LogP contribution is -2.35. The number of hydrogen-bond donors (Lipinski definition) is 1. The summed E-state index contributed by atoms with van der Waals surface area (Å²) in [5, 5.41) is 3.77. The van der Waals surface area contributed by atoms with Gasteiger partial charge in [0, 0.05) is 6.04 Å². The Labute approximate surface area is 154 Å². The van der Waals surface area contributed by atoms with Crippen molar-refractivity contribution in [3.63, 3.8) is 0 Å². The van der Waals surface area contributed by atoms with E-state index in [1.807, 2.05) is 0 Å². The number of aryl methyl sites for hydroxylation is 1. The van der Waals surface area contributed by atoms with E-state index in [-0.39, 0.29) is 0 Å². The summed E-state index contributed by atoms with van der Waals surface area (Å²) in [4.78, 5) is 0. The molecule has 0 spiro atoms. The van der Waals surface area contributed by atoms with Gasteiger partial charge in [0.2, 0.25) is 0 Å². The minimum absolute atomic E-state index is 0.607. The van der Waals surface area contributed by atoms with Gasteiger partial charge in [0.25, 0.3) is 0 Å². The summed E-state index contributed by atoms with van der Waals surface area (Å²) in [6.07, 6.45) is 14.5. The minimum Gasteiger partial charge on any atom is -0.493 e. The van der Waals surface area contributed by atoms with Gasteiger partial charge in [-0.25, -0.2) is 0 Å².